The molecule has 1 amide bonds. The van der Waals surface area contributed by atoms with Crippen molar-refractivity contribution in [2.75, 3.05) is 7.05 Å². The minimum absolute atomic E-state index is 0.0589. The van der Waals surface area contributed by atoms with Crippen LogP contribution in [0.15, 0.2) is 59.3 Å². The van der Waals surface area contributed by atoms with Crippen molar-refractivity contribution in [3.05, 3.63) is 77.4 Å². The number of fused-ring (bicyclic) bond motifs is 1. The fourth-order valence-corrected chi connectivity index (χ4v) is 3.69. The zero-order valence-electron chi connectivity index (χ0n) is 16.9. The zero-order chi connectivity index (χ0) is 20.4. The SMILES string of the molecule is CCc1oc2ccccc2c1CN(C)C(=O)c1cnn(-c2ccccn2)c1CC. The van der Waals surface area contributed by atoms with E-state index in [2.05, 4.69) is 17.0 Å². The molecule has 29 heavy (non-hydrogen) atoms. The molecule has 0 aliphatic heterocycles. The average molecular weight is 388 g/mol. The van der Waals surface area contributed by atoms with Gasteiger partial charge in [-0.3, -0.25) is 4.79 Å². The van der Waals surface area contributed by atoms with Gasteiger partial charge in [0.1, 0.15) is 11.3 Å². The predicted molar refractivity (Wildman–Crippen MR) is 112 cm³/mol. The maximum absolute atomic E-state index is 13.3. The second-order valence-electron chi connectivity index (χ2n) is 6.97. The summed E-state index contributed by atoms with van der Waals surface area (Å²) in [5.74, 6) is 1.57. The molecule has 0 bridgehead atoms. The molecule has 0 spiro atoms. The topological polar surface area (TPSA) is 64.2 Å². The van der Waals surface area contributed by atoms with Gasteiger partial charge in [0.05, 0.1) is 17.5 Å². The van der Waals surface area contributed by atoms with Crippen molar-refractivity contribution >= 4 is 16.9 Å². The number of hydrogen-bond acceptors (Lipinski definition) is 4. The summed E-state index contributed by atoms with van der Waals surface area (Å²) in [5, 5.41) is 5.49. The number of furan rings is 1. The largest absolute Gasteiger partial charge is 0.461 e. The van der Waals surface area contributed by atoms with E-state index in [4.69, 9.17) is 4.42 Å². The van der Waals surface area contributed by atoms with Crippen LogP contribution in [-0.2, 0) is 19.4 Å². The van der Waals surface area contributed by atoms with Gasteiger partial charge in [-0.25, -0.2) is 9.67 Å². The van der Waals surface area contributed by atoms with Gasteiger partial charge < -0.3 is 9.32 Å². The zero-order valence-corrected chi connectivity index (χ0v) is 16.9. The van der Waals surface area contributed by atoms with Gasteiger partial charge in [-0.15, -0.1) is 0 Å². The van der Waals surface area contributed by atoms with Gasteiger partial charge in [-0.1, -0.05) is 38.1 Å². The van der Waals surface area contributed by atoms with Crippen molar-refractivity contribution in [1.82, 2.24) is 19.7 Å². The molecular formula is C23H24N4O2. The molecule has 0 aliphatic rings. The summed E-state index contributed by atoms with van der Waals surface area (Å²) in [6, 6.07) is 13.6. The van der Waals surface area contributed by atoms with E-state index >= 15 is 0 Å². The van der Waals surface area contributed by atoms with Crippen LogP contribution in [0.5, 0.6) is 0 Å². The van der Waals surface area contributed by atoms with Crippen molar-refractivity contribution in [2.45, 2.75) is 33.2 Å². The normalized spacial score (nSPS) is 11.1. The molecule has 0 aliphatic carbocycles. The highest BCUT2D eigenvalue weighted by atomic mass is 16.3. The molecule has 6 heteroatoms. The van der Waals surface area contributed by atoms with Crippen LogP contribution in [0.4, 0.5) is 0 Å². The Labute approximate surface area is 169 Å². The van der Waals surface area contributed by atoms with Gasteiger partial charge in [-0.2, -0.15) is 5.10 Å². The summed E-state index contributed by atoms with van der Waals surface area (Å²) < 4.78 is 7.72. The second-order valence-corrected chi connectivity index (χ2v) is 6.97. The molecule has 4 aromatic rings. The highest BCUT2D eigenvalue weighted by molar-refractivity contribution is 5.95. The molecule has 3 aromatic heterocycles. The highest BCUT2D eigenvalue weighted by Crippen LogP contribution is 2.28. The number of carbonyl (C=O) groups is 1. The van der Waals surface area contributed by atoms with Crippen molar-refractivity contribution in [2.24, 2.45) is 0 Å². The first-order valence-electron chi connectivity index (χ1n) is 9.87. The number of nitrogens with zero attached hydrogens (tertiary/aromatic N) is 4. The molecule has 148 valence electrons. The third-order valence-corrected chi connectivity index (χ3v) is 5.15. The maximum Gasteiger partial charge on any atom is 0.257 e. The minimum Gasteiger partial charge on any atom is -0.461 e. The van der Waals surface area contributed by atoms with E-state index in [0.29, 0.717) is 24.3 Å². The average Bonchev–Trinajstić information content (AvgIpc) is 3.35. The second kappa shape index (κ2) is 7.91. The Balaban J connectivity index is 1.65. The quantitative estimate of drug-likeness (QED) is 0.491. The number of aromatic nitrogens is 3. The fourth-order valence-electron chi connectivity index (χ4n) is 3.69. The number of benzene rings is 1. The standard InChI is InChI=1S/C23H24N4O2/c1-4-19-17(14-25-27(19)22-12-8-9-13-24-22)23(28)26(3)15-18-16-10-6-7-11-21(16)29-20(18)5-2/h6-14H,4-5,15H2,1-3H3. The van der Waals surface area contributed by atoms with Gasteiger partial charge in [0.2, 0.25) is 0 Å². The molecule has 0 atom stereocenters. The lowest BCUT2D eigenvalue weighted by molar-refractivity contribution is 0.0784. The first-order chi connectivity index (χ1) is 14.1. The third-order valence-electron chi connectivity index (χ3n) is 5.15. The molecule has 1 aromatic carbocycles. The molecule has 0 N–H and O–H groups in total. The Kier molecular flexibility index (Phi) is 5.16. The van der Waals surface area contributed by atoms with Crippen LogP contribution in [0, 0.1) is 0 Å². The fraction of sp³-hybridized carbons (Fsp3) is 0.261. The number of carbonyl (C=O) groups excluding carboxylic acids is 1. The lowest BCUT2D eigenvalue weighted by Gasteiger charge is -2.17. The first-order valence-corrected chi connectivity index (χ1v) is 9.87. The van der Waals surface area contributed by atoms with E-state index in [1.807, 2.05) is 56.4 Å². The molecule has 0 saturated carbocycles. The summed E-state index contributed by atoms with van der Waals surface area (Å²) in [7, 11) is 1.82. The van der Waals surface area contributed by atoms with Crippen molar-refractivity contribution in [3.8, 4) is 5.82 Å². The highest BCUT2D eigenvalue weighted by Gasteiger charge is 2.23. The van der Waals surface area contributed by atoms with Crippen molar-refractivity contribution < 1.29 is 9.21 Å². The molecule has 0 fully saturated rings. The maximum atomic E-state index is 13.3. The van der Waals surface area contributed by atoms with E-state index in [1.165, 1.54) is 0 Å². The van der Waals surface area contributed by atoms with Crippen LogP contribution in [0.2, 0.25) is 0 Å². The number of pyridine rings is 1. The number of para-hydroxylation sites is 1. The van der Waals surface area contributed by atoms with E-state index in [1.54, 1.807) is 22.0 Å². The van der Waals surface area contributed by atoms with E-state index in [-0.39, 0.29) is 5.91 Å². The molecule has 3 heterocycles. The number of rotatable bonds is 6. The Hall–Kier alpha value is -3.41. The summed E-state index contributed by atoms with van der Waals surface area (Å²) >= 11 is 0. The Bertz CT molecular complexity index is 1140. The van der Waals surface area contributed by atoms with Crippen LogP contribution in [0.25, 0.3) is 16.8 Å². The van der Waals surface area contributed by atoms with E-state index in [9.17, 15) is 4.79 Å². The Morgan fingerprint density at radius 1 is 1.10 bits per heavy atom. The van der Waals surface area contributed by atoms with Crippen LogP contribution < -0.4 is 0 Å². The van der Waals surface area contributed by atoms with Gasteiger partial charge >= 0.3 is 0 Å². The van der Waals surface area contributed by atoms with E-state index in [0.717, 1.165) is 34.4 Å². The molecule has 0 radical (unpaired) electrons. The van der Waals surface area contributed by atoms with E-state index < -0.39 is 0 Å². The molecule has 4 rings (SSSR count). The van der Waals surface area contributed by atoms with Gasteiger partial charge in [-0.05, 0) is 24.6 Å². The van der Waals surface area contributed by atoms with Crippen LogP contribution >= 0.6 is 0 Å². The van der Waals surface area contributed by atoms with Crippen LogP contribution in [0.1, 0.15) is 41.2 Å². The number of amides is 1. The third kappa shape index (κ3) is 3.42. The minimum atomic E-state index is -0.0589. The van der Waals surface area contributed by atoms with Crippen molar-refractivity contribution in [1.29, 1.82) is 0 Å². The van der Waals surface area contributed by atoms with Crippen molar-refractivity contribution in [3.63, 3.8) is 0 Å². The summed E-state index contributed by atoms with van der Waals surface area (Å²) in [5.41, 5.74) is 3.38. The predicted octanol–water partition coefficient (Wildman–Crippen LogP) is 4.41. The Morgan fingerprint density at radius 3 is 2.62 bits per heavy atom. The van der Waals surface area contributed by atoms with Crippen LogP contribution in [-0.4, -0.2) is 32.6 Å². The van der Waals surface area contributed by atoms with Gasteiger partial charge in [0.15, 0.2) is 5.82 Å². The molecular weight excluding hydrogens is 364 g/mol. The Morgan fingerprint density at radius 2 is 1.90 bits per heavy atom. The first kappa shape index (κ1) is 18.9. The lowest BCUT2D eigenvalue weighted by Crippen LogP contribution is -2.27. The summed E-state index contributed by atoms with van der Waals surface area (Å²) in [6.07, 6.45) is 4.82. The molecule has 0 saturated heterocycles. The lowest BCUT2D eigenvalue weighted by atomic mass is 10.1. The van der Waals surface area contributed by atoms with Gasteiger partial charge in [0.25, 0.3) is 5.91 Å². The summed E-state index contributed by atoms with van der Waals surface area (Å²) in [6.45, 7) is 4.57. The smallest absolute Gasteiger partial charge is 0.257 e. The van der Waals surface area contributed by atoms with Gasteiger partial charge in [0, 0.05) is 37.2 Å². The molecule has 0 unspecified atom stereocenters. The monoisotopic (exact) mass is 388 g/mol. The summed E-state index contributed by atoms with van der Waals surface area (Å²) in [4.78, 5) is 19.3. The van der Waals surface area contributed by atoms with Crippen LogP contribution in [0.3, 0.4) is 0 Å². The molecule has 6 nitrogen and oxygen atoms in total. The number of hydrogen-bond donors (Lipinski definition) is 0. The number of aryl methyl sites for hydroxylation is 1.